The van der Waals surface area contributed by atoms with Gasteiger partial charge in [0, 0.05) is 38.8 Å². The lowest BCUT2D eigenvalue weighted by Gasteiger charge is -2.34. The van der Waals surface area contributed by atoms with Crippen molar-refractivity contribution in [3.05, 3.63) is 65.0 Å². The maximum atomic E-state index is 11.8. The van der Waals surface area contributed by atoms with Gasteiger partial charge in [-0.2, -0.15) is 0 Å². The zero-order chi connectivity index (χ0) is 23.3. The lowest BCUT2D eigenvalue weighted by molar-refractivity contribution is -0.139. The number of aromatic nitrogens is 1. The van der Waals surface area contributed by atoms with Crippen molar-refractivity contribution in [1.29, 1.82) is 0 Å². The zero-order valence-corrected chi connectivity index (χ0v) is 20.2. The van der Waals surface area contributed by atoms with Crippen LogP contribution in [-0.4, -0.2) is 77.1 Å². The Morgan fingerprint density at radius 1 is 1.00 bits per heavy atom. The Morgan fingerprint density at radius 2 is 1.62 bits per heavy atom. The van der Waals surface area contributed by atoms with E-state index in [1.165, 1.54) is 11.1 Å². The summed E-state index contributed by atoms with van der Waals surface area (Å²) in [4.78, 5) is 23.3. The lowest BCUT2D eigenvalue weighted by atomic mass is 9.86. The highest BCUT2D eigenvalue weighted by Crippen LogP contribution is 2.23. The second kappa shape index (κ2) is 10.6. The van der Waals surface area contributed by atoms with Crippen LogP contribution in [0.2, 0.25) is 0 Å². The van der Waals surface area contributed by atoms with Gasteiger partial charge in [0.1, 0.15) is 0 Å². The van der Waals surface area contributed by atoms with Crippen molar-refractivity contribution in [3.63, 3.8) is 0 Å². The monoisotopic (exact) mass is 438 g/mol. The summed E-state index contributed by atoms with van der Waals surface area (Å²) in [5.41, 5.74) is 4.61. The minimum Gasteiger partial charge on any atom is -0.480 e. The first-order valence-corrected chi connectivity index (χ1v) is 11.5. The van der Waals surface area contributed by atoms with Gasteiger partial charge < -0.3 is 10.0 Å². The molecule has 3 rings (SSSR count). The molecule has 0 aliphatic carbocycles. The SMILES string of the molecule is CN1CCN(C)C[C@H](Cc2ccc(C(C)(C)C)cc2)N(CC(=O)O)Cc2cccc(n2)C1. The molecule has 2 bridgehead atoms. The van der Waals surface area contributed by atoms with E-state index in [9.17, 15) is 9.90 Å². The molecule has 2 heterocycles. The van der Waals surface area contributed by atoms with Crippen molar-refractivity contribution in [3.8, 4) is 0 Å². The number of carboxylic acid groups (broad SMARTS) is 1. The molecule has 0 saturated carbocycles. The van der Waals surface area contributed by atoms with Gasteiger partial charge in [0.25, 0.3) is 0 Å². The number of carboxylic acids is 1. The minimum absolute atomic E-state index is 0.00436. The van der Waals surface area contributed by atoms with Crippen LogP contribution in [0.15, 0.2) is 42.5 Å². The highest BCUT2D eigenvalue weighted by molar-refractivity contribution is 5.69. The summed E-state index contributed by atoms with van der Waals surface area (Å²) in [7, 11) is 4.25. The third-order valence-electron chi connectivity index (χ3n) is 6.19. The fraction of sp³-hybridized carbons (Fsp3) is 0.538. The lowest BCUT2D eigenvalue weighted by Crippen LogP contribution is -2.47. The molecule has 0 spiro atoms. The van der Waals surface area contributed by atoms with E-state index in [4.69, 9.17) is 4.98 Å². The standard InChI is InChI=1S/C26H38N4O2/c1-26(2,3)21-11-9-20(10-12-21)15-24-18-29(5)14-13-28(4)16-22-7-6-8-23(27-22)17-30(24)19-25(31)32/h6-12,24H,13-19H2,1-5H3,(H,31,32)/t24-/m0/s1. The number of aliphatic carboxylic acids is 1. The third-order valence-corrected chi connectivity index (χ3v) is 6.19. The second-order valence-electron chi connectivity index (χ2n) is 10.2. The number of carbonyl (C=O) groups is 1. The van der Waals surface area contributed by atoms with Crippen molar-refractivity contribution in [2.45, 2.75) is 51.7 Å². The summed E-state index contributed by atoms with van der Waals surface area (Å²) in [5.74, 6) is -0.802. The van der Waals surface area contributed by atoms with Gasteiger partial charge in [0.15, 0.2) is 0 Å². The maximum absolute atomic E-state index is 11.8. The number of rotatable bonds is 4. The van der Waals surface area contributed by atoms with E-state index in [2.05, 4.69) is 73.8 Å². The maximum Gasteiger partial charge on any atom is 0.317 e. The summed E-state index contributed by atoms with van der Waals surface area (Å²) >= 11 is 0. The Kier molecular flexibility index (Phi) is 8.04. The van der Waals surface area contributed by atoms with E-state index in [1.807, 2.05) is 18.2 Å². The van der Waals surface area contributed by atoms with E-state index in [1.54, 1.807) is 0 Å². The minimum atomic E-state index is -0.802. The highest BCUT2D eigenvalue weighted by atomic mass is 16.4. The number of likely N-dealkylation sites (N-methyl/N-ethyl adjacent to an activating group) is 2. The van der Waals surface area contributed by atoms with Crippen LogP contribution in [-0.2, 0) is 29.7 Å². The molecule has 0 saturated heterocycles. The van der Waals surface area contributed by atoms with Crippen LogP contribution in [0.4, 0.5) is 0 Å². The number of fused-ring (bicyclic) bond motifs is 2. The molecule has 1 N–H and O–H groups in total. The number of benzene rings is 1. The van der Waals surface area contributed by atoms with Gasteiger partial charge in [-0.05, 0) is 49.2 Å². The average Bonchev–Trinajstić information content (AvgIpc) is 2.70. The van der Waals surface area contributed by atoms with Crippen molar-refractivity contribution in [1.82, 2.24) is 19.7 Å². The summed E-state index contributed by atoms with van der Waals surface area (Å²) in [5, 5.41) is 9.66. The molecule has 0 fully saturated rings. The fourth-order valence-corrected chi connectivity index (χ4v) is 4.27. The van der Waals surface area contributed by atoms with Crippen LogP contribution in [0, 0.1) is 0 Å². The van der Waals surface area contributed by atoms with Crippen LogP contribution in [0.5, 0.6) is 0 Å². The van der Waals surface area contributed by atoms with Crippen molar-refractivity contribution in [2.75, 3.05) is 40.3 Å². The van der Waals surface area contributed by atoms with Crippen LogP contribution >= 0.6 is 0 Å². The molecule has 174 valence electrons. The molecule has 1 aliphatic rings. The van der Waals surface area contributed by atoms with Crippen LogP contribution in [0.25, 0.3) is 0 Å². The molecule has 2 aromatic rings. The van der Waals surface area contributed by atoms with Crippen molar-refractivity contribution < 1.29 is 9.90 Å². The van der Waals surface area contributed by atoms with Gasteiger partial charge in [-0.1, -0.05) is 51.1 Å². The normalized spacial score (nSPS) is 19.8. The first-order valence-electron chi connectivity index (χ1n) is 11.5. The Balaban J connectivity index is 1.90. The van der Waals surface area contributed by atoms with Crippen LogP contribution in [0.3, 0.4) is 0 Å². The molecule has 0 amide bonds. The zero-order valence-electron chi connectivity index (χ0n) is 20.2. The highest BCUT2D eigenvalue weighted by Gasteiger charge is 2.25. The Labute approximate surface area is 192 Å². The van der Waals surface area contributed by atoms with Crippen LogP contribution < -0.4 is 0 Å². The van der Waals surface area contributed by atoms with Gasteiger partial charge in [0.2, 0.25) is 0 Å². The predicted octanol–water partition coefficient (Wildman–Crippen LogP) is 3.25. The Hall–Kier alpha value is -2.28. The first-order chi connectivity index (χ1) is 15.1. The molecule has 1 aliphatic heterocycles. The van der Waals surface area contributed by atoms with Crippen molar-refractivity contribution >= 4 is 5.97 Å². The molecule has 0 radical (unpaired) electrons. The topological polar surface area (TPSA) is 59.9 Å². The quantitative estimate of drug-likeness (QED) is 0.791. The van der Waals surface area contributed by atoms with Gasteiger partial charge in [-0.25, -0.2) is 0 Å². The molecule has 1 aromatic heterocycles. The molecule has 32 heavy (non-hydrogen) atoms. The molecule has 1 aromatic carbocycles. The predicted molar refractivity (Wildman–Crippen MR) is 129 cm³/mol. The second-order valence-corrected chi connectivity index (χ2v) is 10.2. The molecular weight excluding hydrogens is 400 g/mol. The number of hydrogen-bond acceptors (Lipinski definition) is 5. The Bertz CT molecular complexity index is 891. The summed E-state index contributed by atoms with van der Waals surface area (Å²) < 4.78 is 0. The summed E-state index contributed by atoms with van der Waals surface area (Å²) in [6.45, 7) is 10.7. The molecule has 6 nitrogen and oxygen atoms in total. The van der Waals surface area contributed by atoms with Crippen LogP contribution in [0.1, 0.15) is 43.3 Å². The van der Waals surface area contributed by atoms with E-state index in [-0.39, 0.29) is 18.0 Å². The Morgan fingerprint density at radius 3 is 2.25 bits per heavy atom. The van der Waals surface area contributed by atoms with Gasteiger partial charge in [0.05, 0.1) is 17.9 Å². The number of hydrogen-bond donors (Lipinski definition) is 1. The molecule has 6 heteroatoms. The molecule has 1 atom stereocenters. The average molecular weight is 439 g/mol. The number of pyridine rings is 1. The largest absolute Gasteiger partial charge is 0.480 e. The van der Waals surface area contributed by atoms with E-state index < -0.39 is 5.97 Å². The molecule has 0 unspecified atom stereocenters. The van der Waals surface area contributed by atoms with E-state index >= 15 is 0 Å². The molecular formula is C26H38N4O2. The summed E-state index contributed by atoms with van der Waals surface area (Å²) in [6, 6.07) is 15.0. The van der Waals surface area contributed by atoms with Gasteiger partial charge in [-0.3, -0.25) is 19.6 Å². The fourth-order valence-electron chi connectivity index (χ4n) is 4.27. The first kappa shape index (κ1) is 24.4. The van der Waals surface area contributed by atoms with E-state index in [0.717, 1.165) is 44.0 Å². The van der Waals surface area contributed by atoms with E-state index in [0.29, 0.717) is 6.54 Å². The smallest absolute Gasteiger partial charge is 0.317 e. The van der Waals surface area contributed by atoms with Gasteiger partial charge >= 0.3 is 5.97 Å². The summed E-state index contributed by atoms with van der Waals surface area (Å²) in [6.07, 6.45) is 0.803. The number of nitrogens with zero attached hydrogens (tertiary/aromatic N) is 4. The third kappa shape index (κ3) is 7.12. The van der Waals surface area contributed by atoms with Gasteiger partial charge in [-0.15, -0.1) is 0 Å². The van der Waals surface area contributed by atoms with Crippen molar-refractivity contribution in [2.24, 2.45) is 0 Å².